The average Bonchev–Trinajstić information content (AvgIpc) is 3.59. The van der Waals surface area contributed by atoms with Crippen molar-refractivity contribution in [1.29, 1.82) is 0 Å². The first kappa shape index (κ1) is 24.0. The third-order valence-corrected chi connectivity index (χ3v) is 5.59. The van der Waals surface area contributed by atoms with Crippen molar-refractivity contribution in [1.82, 2.24) is 20.3 Å². The Balaban J connectivity index is 1.35. The van der Waals surface area contributed by atoms with Crippen LogP contribution in [-0.2, 0) is 17.5 Å². The Morgan fingerprint density at radius 2 is 1.86 bits per heavy atom. The van der Waals surface area contributed by atoms with E-state index in [2.05, 4.69) is 25.6 Å². The van der Waals surface area contributed by atoms with E-state index in [1.807, 2.05) is 0 Å². The smallest absolute Gasteiger partial charge is 0.382 e. The lowest BCUT2D eigenvalue weighted by Crippen LogP contribution is -2.33. The summed E-state index contributed by atoms with van der Waals surface area (Å²) in [6.45, 7) is 0.0670. The van der Waals surface area contributed by atoms with Gasteiger partial charge in [-0.15, -0.1) is 0 Å². The van der Waals surface area contributed by atoms with Crippen LogP contribution in [0, 0.1) is 11.2 Å². The van der Waals surface area contributed by atoms with E-state index in [9.17, 15) is 27.2 Å². The second kappa shape index (κ2) is 9.28. The fraction of sp³-hybridized carbons (Fsp3) is 0.261. The highest BCUT2D eigenvalue weighted by Gasteiger charge is 2.51. The Kier molecular flexibility index (Phi) is 6.37. The molecule has 1 amide bonds. The van der Waals surface area contributed by atoms with Crippen molar-refractivity contribution < 1.29 is 27.2 Å². The van der Waals surface area contributed by atoms with Gasteiger partial charge in [-0.25, -0.2) is 9.37 Å². The van der Waals surface area contributed by atoms with Crippen molar-refractivity contribution in [3.8, 4) is 0 Å². The van der Waals surface area contributed by atoms with Crippen molar-refractivity contribution in [2.24, 2.45) is 5.41 Å². The van der Waals surface area contributed by atoms with E-state index in [1.54, 1.807) is 0 Å². The lowest BCUT2D eigenvalue weighted by atomic mass is 9.97. The number of Topliss-reactive ketones (excluding diaryl/α,β-unsaturated/α-hetero) is 1. The summed E-state index contributed by atoms with van der Waals surface area (Å²) in [6, 6.07) is 5.36. The molecule has 0 atom stereocenters. The number of alkyl halides is 3. The fourth-order valence-electron chi connectivity index (χ4n) is 3.53. The first-order valence-electron chi connectivity index (χ1n) is 10.5. The molecule has 3 aromatic rings. The molecule has 0 saturated heterocycles. The van der Waals surface area contributed by atoms with Crippen LogP contribution < -0.4 is 16.4 Å². The lowest BCUT2D eigenvalue weighted by molar-refractivity contribution is -0.137. The van der Waals surface area contributed by atoms with Crippen LogP contribution in [0.1, 0.15) is 41.0 Å². The van der Waals surface area contributed by atoms with E-state index in [0.717, 1.165) is 12.1 Å². The first-order valence-corrected chi connectivity index (χ1v) is 10.5. The van der Waals surface area contributed by atoms with Crippen molar-refractivity contribution >= 4 is 28.9 Å². The zero-order chi connectivity index (χ0) is 25.2. The summed E-state index contributed by atoms with van der Waals surface area (Å²) in [5, 5.41) is 5.33. The number of halogens is 4. The van der Waals surface area contributed by atoms with Crippen LogP contribution in [0.3, 0.4) is 0 Å². The molecule has 0 spiro atoms. The predicted molar refractivity (Wildman–Crippen MR) is 118 cm³/mol. The molecule has 35 heavy (non-hydrogen) atoms. The standard InChI is InChI=1S/C23H20F4N6O2/c24-13-1-4-17(16(7-13)23(25,26)27)32-15-3-2-14(30-10-15)9-31-21(35)22(5-6-22)8-19(34)18-11-29-12-20(28)33-18/h1-4,7,10-12,32H,5-6,8-9H2,(H2,28,33)(H,31,35). The Labute approximate surface area is 197 Å². The molecular formula is C23H20F4N6O2. The molecule has 1 aromatic carbocycles. The minimum atomic E-state index is -4.73. The monoisotopic (exact) mass is 488 g/mol. The molecule has 1 aliphatic carbocycles. The first-order chi connectivity index (χ1) is 16.6. The third kappa shape index (κ3) is 5.70. The number of benzene rings is 1. The van der Waals surface area contributed by atoms with Crippen LogP contribution in [0.25, 0.3) is 0 Å². The number of hydrogen-bond donors (Lipinski definition) is 3. The summed E-state index contributed by atoms with van der Waals surface area (Å²) in [5.41, 5.74) is 4.10. The number of nitrogen functional groups attached to an aromatic ring is 1. The molecule has 0 aliphatic heterocycles. The zero-order valence-electron chi connectivity index (χ0n) is 18.2. The van der Waals surface area contributed by atoms with E-state index >= 15 is 0 Å². The Hall–Kier alpha value is -4.09. The molecule has 8 nitrogen and oxygen atoms in total. The number of carbonyl (C=O) groups excluding carboxylic acids is 2. The van der Waals surface area contributed by atoms with Crippen LogP contribution in [0.4, 0.5) is 34.8 Å². The molecule has 4 N–H and O–H groups in total. The maximum Gasteiger partial charge on any atom is 0.418 e. The van der Waals surface area contributed by atoms with Gasteiger partial charge in [0.1, 0.15) is 17.3 Å². The van der Waals surface area contributed by atoms with Gasteiger partial charge in [-0.3, -0.25) is 19.6 Å². The molecule has 0 radical (unpaired) electrons. The normalized spacial score (nSPS) is 14.3. The molecule has 1 saturated carbocycles. The molecule has 1 aliphatic rings. The number of nitrogens with zero attached hydrogens (tertiary/aromatic N) is 3. The summed E-state index contributed by atoms with van der Waals surface area (Å²) in [4.78, 5) is 37.1. The highest BCUT2D eigenvalue weighted by atomic mass is 19.4. The van der Waals surface area contributed by atoms with E-state index < -0.39 is 23.0 Å². The van der Waals surface area contributed by atoms with Gasteiger partial charge in [0.05, 0.1) is 53.2 Å². The quantitative estimate of drug-likeness (QED) is 0.323. The molecule has 0 bridgehead atoms. The molecule has 1 fully saturated rings. The number of aromatic nitrogens is 3. The zero-order valence-corrected chi connectivity index (χ0v) is 18.2. The van der Waals surface area contributed by atoms with Gasteiger partial charge in [-0.05, 0) is 43.2 Å². The van der Waals surface area contributed by atoms with E-state index in [0.29, 0.717) is 24.6 Å². The summed E-state index contributed by atoms with van der Waals surface area (Å²) < 4.78 is 52.8. The van der Waals surface area contributed by atoms with Gasteiger partial charge in [0.25, 0.3) is 0 Å². The topological polar surface area (TPSA) is 123 Å². The maximum absolute atomic E-state index is 13.3. The van der Waals surface area contributed by atoms with Gasteiger partial charge >= 0.3 is 6.18 Å². The predicted octanol–water partition coefficient (Wildman–Crippen LogP) is 4.02. The number of amides is 1. The number of ketones is 1. The number of carbonyl (C=O) groups is 2. The Morgan fingerprint density at radius 1 is 1.09 bits per heavy atom. The number of rotatable bonds is 8. The summed E-state index contributed by atoms with van der Waals surface area (Å²) in [7, 11) is 0. The fourth-order valence-corrected chi connectivity index (χ4v) is 3.53. The Bertz CT molecular complexity index is 1260. The maximum atomic E-state index is 13.3. The lowest BCUT2D eigenvalue weighted by Gasteiger charge is -2.15. The number of hydrogen-bond acceptors (Lipinski definition) is 7. The van der Waals surface area contributed by atoms with Crippen molar-refractivity contribution in [2.75, 3.05) is 11.1 Å². The van der Waals surface area contributed by atoms with Crippen LogP contribution in [0.15, 0.2) is 48.9 Å². The van der Waals surface area contributed by atoms with Gasteiger partial charge < -0.3 is 16.4 Å². The van der Waals surface area contributed by atoms with E-state index in [4.69, 9.17) is 5.73 Å². The highest BCUT2D eigenvalue weighted by molar-refractivity contribution is 5.99. The van der Waals surface area contributed by atoms with Crippen molar-refractivity contribution in [2.45, 2.75) is 32.0 Å². The molecular weight excluding hydrogens is 468 g/mol. The van der Waals surface area contributed by atoms with E-state index in [-0.39, 0.29) is 47.5 Å². The second-order valence-corrected chi connectivity index (χ2v) is 8.24. The van der Waals surface area contributed by atoms with Crippen molar-refractivity contribution in [3.05, 3.63) is 71.7 Å². The van der Waals surface area contributed by atoms with Crippen LogP contribution in [0.2, 0.25) is 0 Å². The summed E-state index contributed by atoms with van der Waals surface area (Å²) in [6.07, 6.45) is 0.273. The van der Waals surface area contributed by atoms with Crippen LogP contribution >= 0.6 is 0 Å². The summed E-state index contributed by atoms with van der Waals surface area (Å²) in [5.74, 6) is -1.51. The van der Waals surface area contributed by atoms with Gasteiger partial charge in [0.2, 0.25) is 5.91 Å². The molecule has 0 unspecified atom stereocenters. The SMILES string of the molecule is Nc1cncc(C(=O)CC2(C(=O)NCc3ccc(Nc4ccc(F)cc4C(F)(F)F)cn3)CC2)n1. The number of nitrogens with one attached hydrogen (secondary N) is 2. The number of pyridine rings is 1. The molecule has 2 heterocycles. The largest absolute Gasteiger partial charge is 0.418 e. The molecule has 12 heteroatoms. The minimum absolute atomic E-state index is 0.0214. The number of anilines is 3. The molecule has 182 valence electrons. The van der Waals surface area contributed by atoms with Gasteiger partial charge in [0, 0.05) is 6.42 Å². The molecule has 4 rings (SSSR count). The third-order valence-electron chi connectivity index (χ3n) is 5.59. The molecule has 2 aromatic heterocycles. The van der Waals surface area contributed by atoms with E-state index in [1.165, 1.54) is 30.7 Å². The summed E-state index contributed by atoms with van der Waals surface area (Å²) >= 11 is 0. The van der Waals surface area contributed by atoms with Crippen molar-refractivity contribution in [3.63, 3.8) is 0 Å². The van der Waals surface area contributed by atoms with Gasteiger partial charge in [-0.1, -0.05) is 0 Å². The second-order valence-electron chi connectivity index (χ2n) is 8.24. The minimum Gasteiger partial charge on any atom is -0.382 e. The Morgan fingerprint density at radius 3 is 2.49 bits per heavy atom. The van der Waals surface area contributed by atoms with Gasteiger partial charge in [0.15, 0.2) is 5.78 Å². The van der Waals surface area contributed by atoms with Gasteiger partial charge in [-0.2, -0.15) is 13.2 Å². The van der Waals surface area contributed by atoms with Crippen LogP contribution in [-0.4, -0.2) is 26.6 Å². The average molecular weight is 488 g/mol. The van der Waals surface area contributed by atoms with Crippen LogP contribution in [0.5, 0.6) is 0 Å². The highest BCUT2D eigenvalue weighted by Crippen LogP contribution is 2.49. The number of nitrogens with two attached hydrogens (primary N) is 1.